The summed E-state index contributed by atoms with van der Waals surface area (Å²) < 4.78 is 0. The van der Waals surface area contributed by atoms with E-state index in [9.17, 15) is 10.2 Å². The van der Waals surface area contributed by atoms with Gasteiger partial charge in [0, 0.05) is 28.2 Å². The number of aliphatic hydroxyl groups excluding tert-OH is 1. The SMILES string of the molecule is Oc1cc(Cl)ccc1-c1nnc(NC2CC(O)C2)c2cccnc12. The van der Waals surface area contributed by atoms with Gasteiger partial charge in [0.05, 0.1) is 6.10 Å². The minimum atomic E-state index is -0.245. The molecule has 1 aromatic carbocycles. The highest BCUT2D eigenvalue weighted by Crippen LogP contribution is 2.35. The summed E-state index contributed by atoms with van der Waals surface area (Å²) in [5.74, 6) is 0.666. The number of halogens is 1. The van der Waals surface area contributed by atoms with E-state index >= 15 is 0 Å². The highest BCUT2D eigenvalue weighted by atomic mass is 35.5. The molecule has 1 aliphatic carbocycles. The van der Waals surface area contributed by atoms with Gasteiger partial charge in [-0.2, -0.15) is 0 Å². The Morgan fingerprint density at radius 1 is 1.17 bits per heavy atom. The average molecular weight is 343 g/mol. The van der Waals surface area contributed by atoms with Crippen LogP contribution in [0.5, 0.6) is 5.75 Å². The molecular formula is C17H15ClN4O2. The standard InChI is InChI=1S/C17H15ClN4O2/c18-9-3-4-12(14(24)6-9)16-15-13(2-1-5-19-15)17(22-21-16)20-10-7-11(23)8-10/h1-6,10-11,23-24H,7-8H2,(H,20,22). The van der Waals surface area contributed by atoms with Gasteiger partial charge in [-0.05, 0) is 43.2 Å². The summed E-state index contributed by atoms with van der Waals surface area (Å²) in [5, 5.41) is 32.7. The Kier molecular flexibility index (Phi) is 3.70. The topological polar surface area (TPSA) is 91.2 Å². The lowest BCUT2D eigenvalue weighted by molar-refractivity contribution is 0.0835. The number of aromatic hydroxyl groups is 1. The first kappa shape index (κ1) is 15.1. The number of benzene rings is 1. The molecule has 4 rings (SSSR count). The maximum Gasteiger partial charge on any atom is 0.158 e. The lowest BCUT2D eigenvalue weighted by atomic mass is 9.89. The summed E-state index contributed by atoms with van der Waals surface area (Å²) in [6.45, 7) is 0. The molecule has 0 spiro atoms. The van der Waals surface area contributed by atoms with Gasteiger partial charge in [-0.15, -0.1) is 10.2 Å². The van der Waals surface area contributed by atoms with Crippen LogP contribution in [0, 0.1) is 0 Å². The van der Waals surface area contributed by atoms with E-state index in [0.717, 1.165) is 5.39 Å². The van der Waals surface area contributed by atoms with E-state index in [0.29, 0.717) is 40.5 Å². The number of aromatic nitrogens is 3. The third kappa shape index (κ3) is 2.64. The smallest absolute Gasteiger partial charge is 0.158 e. The number of hydrogen-bond acceptors (Lipinski definition) is 6. The van der Waals surface area contributed by atoms with Gasteiger partial charge in [0.25, 0.3) is 0 Å². The van der Waals surface area contributed by atoms with Crippen LogP contribution in [-0.2, 0) is 0 Å². The number of hydrogen-bond donors (Lipinski definition) is 3. The van der Waals surface area contributed by atoms with Crippen molar-refractivity contribution >= 4 is 28.3 Å². The van der Waals surface area contributed by atoms with Crippen LogP contribution in [-0.4, -0.2) is 37.5 Å². The predicted octanol–water partition coefficient (Wildman–Crippen LogP) is 2.99. The number of fused-ring (bicyclic) bond motifs is 1. The minimum Gasteiger partial charge on any atom is -0.507 e. The lowest BCUT2D eigenvalue weighted by Gasteiger charge is -2.32. The Labute approximate surface area is 143 Å². The van der Waals surface area contributed by atoms with Crippen molar-refractivity contribution in [2.24, 2.45) is 0 Å². The molecule has 1 fully saturated rings. The Balaban J connectivity index is 1.80. The molecule has 1 aliphatic rings. The molecule has 122 valence electrons. The minimum absolute atomic E-state index is 0.0339. The third-order valence-corrected chi connectivity index (χ3v) is 4.44. The molecule has 6 nitrogen and oxygen atoms in total. The van der Waals surface area contributed by atoms with Crippen LogP contribution in [0.25, 0.3) is 22.2 Å². The fourth-order valence-corrected chi connectivity index (χ4v) is 3.04. The van der Waals surface area contributed by atoms with Crippen molar-refractivity contribution in [2.75, 3.05) is 5.32 Å². The van der Waals surface area contributed by atoms with Crippen LogP contribution < -0.4 is 5.32 Å². The number of nitrogens with zero attached hydrogens (tertiary/aromatic N) is 3. The molecule has 0 aliphatic heterocycles. The average Bonchev–Trinajstić information content (AvgIpc) is 2.54. The molecule has 0 saturated heterocycles. The number of phenols is 1. The normalized spacial score (nSPS) is 19.9. The van der Waals surface area contributed by atoms with Crippen LogP contribution in [0.3, 0.4) is 0 Å². The van der Waals surface area contributed by atoms with Crippen LogP contribution in [0.4, 0.5) is 5.82 Å². The molecule has 2 heterocycles. The van der Waals surface area contributed by atoms with Crippen molar-refractivity contribution in [3.05, 3.63) is 41.6 Å². The zero-order chi connectivity index (χ0) is 16.7. The zero-order valence-electron chi connectivity index (χ0n) is 12.6. The van der Waals surface area contributed by atoms with Crippen molar-refractivity contribution in [1.29, 1.82) is 0 Å². The quantitative estimate of drug-likeness (QED) is 0.677. The molecule has 0 bridgehead atoms. The number of pyridine rings is 1. The fraction of sp³-hybridized carbons (Fsp3) is 0.235. The molecular weight excluding hydrogens is 328 g/mol. The largest absolute Gasteiger partial charge is 0.507 e. The van der Waals surface area contributed by atoms with Crippen LogP contribution in [0.2, 0.25) is 5.02 Å². The summed E-state index contributed by atoms with van der Waals surface area (Å²) >= 11 is 5.90. The highest BCUT2D eigenvalue weighted by molar-refractivity contribution is 6.30. The summed E-state index contributed by atoms with van der Waals surface area (Å²) in [6.07, 6.45) is 2.83. The third-order valence-electron chi connectivity index (χ3n) is 4.21. The first-order chi connectivity index (χ1) is 11.6. The van der Waals surface area contributed by atoms with Crippen molar-refractivity contribution in [2.45, 2.75) is 25.0 Å². The Bertz CT molecular complexity index is 912. The van der Waals surface area contributed by atoms with Crippen LogP contribution in [0.15, 0.2) is 36.5 Å². The molecule has 0 atom stereocenters. The molecule has 0 unspecified atom stereocenters. The maximum absolute atomic E-state index is 10.2. The van der Waals surface area contributed by atoms with Gasteiger partial charge in [-0.1, -0.05) is 11.6 Å². The van der Waals surface area contributed by atoms with Crippen molar-refractivity contribution in [3.8, 4) is 17.0 Å². The number of phenolic OH excluding ortho intramolecular Hbond substituents is 1. The van der Waals surface area contributed by atoms with E-state index in [-0.39, 0.29) is 17.9 Å². The molecule has 7 heteroatoms. The van der Waals surface area contributed by atoms with Gasteiger partial charge in [-0.25, -0.2) is 0 Å². The fourth-order valence-electron chi connectivity index (χ4n) is 2.88. The summed E-state index contributed by atoms with van der Waals surface area (Å²) in [4.78, 5) is 4.41. The van der Waals surface area contributed by atoms with Crippen LogP contribution >= 0.6 is 11.6 Å². The second kappa shape index (κ2) is 5.89. The van der Waals surface area contributed by atoms with E-state index in [2.05, 4.69) is 20.5 Å². The Hall–Kier alpha value is -2.44. The Morgan fingerprint density at radius 2 is 2.00 bits per heavy atom. The van der Waals surface area contributed by atoms with Gasteiger partial charge in [0.15, 0.2) is 5.82 Å². The van der Waals surface area contributed by atoms with Crippen LogP contribution in [0.1, 0.15) is 12.8 Å². The van der Waals surface area contributed by atoms with Crippen molar-refractivity contribution < 1.29 is 10.2 Å². The summed E-state index contributed by atoms with van der Waals surface area (Å²) in [7, 11) is 0. The highest BCUT2D eigenvalue weighted by Gasteiger charge is 2.28. The first-order valence-corrected chi connectivity index (χ1v) is 8.04. The van der Waals surface area contributed by atoms with E-state index < -0.39 is 0 Å². The van der Waals surface area contributed by atoms with E-state index in [4.69, 9.17) is 11.6 Å². The van der Waals surface area contributed by atoms with Gasteiger partial charge in [0.2, 0.25) is 0 Å². The number of aliphatic hydroxyl groups is 1. The molecule has 3 N–H and O–H groups in total. The van der Waals surface area contributed by atoms with Gasteiger partial charge >= 0.3 is 0 Å². The molecule has 0 radical (unpaired) electrons. The number of anilines is 1. The van der Waals surface area contributed by atoms with Crippen molar-refractivity contribution in [1.82, 2.24) is 15.2 Å². The van der Waals surface area contributed by atoms with E-state index in [1.54, 1.807) is 18.3 Å². The summed E-state index contributed by atoms with van der Waals surface area (Å²) in [6, 6.07) is 8.78. The predicted molar refractivity (Wildman–Crippen MR) is 92.1 cm³/mol. The van der Waals surface area contributed by atoms with E-state index in [1.807, 2.05) is 12.1 Å². The van der Waals surface area contributed by atoms with E-state index in [1.165, 1.54) is 6.07 Å². The second-order valence-corrected chi connectivity index (χ2v) is 6.36. The molecule has 0 amide bonds. The second-order valence-electron chi connectivity index (χ2n) is 5.92. The molecule has 2 aromatic heterocycles. The van der Waals surface area contributed by atoms with Gasteiger partial charge < -0.3 is 15.5 Å². The molecule has 24 heavy (non-hydrogen) atoms. The lowest BCUT2D eigenvalue weighted by Crippen LogP contribution is -2.39. The molecule has 3 aromatic rings. The zero-order valence-corrected chi connectivity index (χ0v) is 13.4. The van der Waals surface area contributed by atoms with Gasteiger partial charge in [0.1, 0.15) is 17.0 Å². The van der Waals surface area contributed by atoms with Gasteiger partial charge in [-0.3, -0.25) is 4.98 Å². The monoisotopic (exact) mass is 342 g/mol. The first-order valence-electron chi connectivity index (χ1n) is 7.66. The summed E-state index contributed by atoms with van der Waals surface area (Å²) in [5.41, 5.74) is 1.67. The number of rotatable bonds is 3. The molecule has 1 saturated carbocycles. The Morgan fingerprint density at radius 3 is 2.75 bits per heavy atom. The number of nitrogens with one attached hydrogen (secondary N) is 1. The van der Waals surface area contributed by atoms with Crippen molar-refractivity contribution in [3.63, 3.8) is 0 Å². The maximum atomic E-state index is 10.2.